The van der Waals surface area contributed by atoms with E-state index in [0.717, 1.165) is 24.8 Å². The Labute approximate surface area is 85.4 Å². The maximum atomic E-state index is 8.75. The molecule has 3 nitrogen and oxygen atoms in total. The van der Waals surface area contributed by atoms with Gasteiger partial charge in [0, 0.05) is 0 Å². The van der Waals surface area contributed by atoms with Gasteiger partial charge in [0.05, 0.1) is 0 Å². The molecule has 0 amide bonds. The lowest BCUT2D eigenvalue weighted by molar-refractivity contribution is 0.373. The second-order valence-corrected chi connectivity index (χ2v) is 3.74. The molecule has 0 saturated carbocycles. The first-order valence-corrected chi connectivity index (χ1v) is 5.84. The van der Waals surface area contributed by atoms with Crippen molar-refractivity contribution >= 4 is 8.60 Å². The molecule has 0 saturated heterocycles. The molecule has 78 valence electrons. The van der Waals surface area contributed by atoms with Crippen LogP contribution in [0.2, 0.25) is 0 Å². The van der Waals surface area contributed by atoms with E-state index >= 15 is 0 Å². The molecule has 0 aliphatic heterocycles. The number of unbranched alkanes of at least 4 members (excludes halogenated alkanes) is 1. The maximum Gasteiger partial charge on any atom is 0.391 e. The highest BCUT2D eigenvalue weighted by molar-refractivity contribution is 7.39. The highest BCUT2D eigenvalue weighted by atomic mass is 31.2. The molecule has 0 fully saturated rings. The summed E-state index contributed by atoms with van der Waals surface area (Å²) in [5.74, 6) is 0.581. The summed E-state index contributed by atoms with van der Waals surface area (Å²) >= 11 is 0. The molecule has 1 aromatic rings. The third-order valence-corrected chi connectivity index (χ3v) is 2.31. The second kappa shape index (κ2) is 5.97. The quantitative estimate of drug-likeness (QED) is 0.741. The van der Waals surface area contributed by atoms with Gasteiger partial charge in [-0.15, -0.1) is 0 Å². The Balaban J connectivity index is 2.69. The summed E-state index contributed by atoms with van der Waals surface area (Å²) in [7, 11) is -2.31. The predicted octanol–water partition coefficient (Wildman–Crippen LogP) is 2.62. The molecule has 0 unspecified atom stereocenters. The van der Waals surface area contributed by atoms with E-state index in [2.05, 4.69) is 6.92 Å². The SMILES string of the molecule is CCCCc1ccccc1OP(O)O. The van der Waals surface area contributed by atoms with Gasteiger partial charge in [-0.25, -0.2) is 0 Å². The molecule has 4 heteroatoms. The Morgan fingerprint density at radius 1 is 1.29 bits per heavy atom. The van der Waals surface area contributed by atoms with Crippen molar-refractivity contribution in [1.82, 2.24) is 0 Å². The van der Waals surface area contributed by atoms with Gasteiger partial charge in [0.1, 0.15) is 5.75 Å². The standard InChI is InChI=1S/C10H15O3P/c1-2-3-6-9-7-4-5-8-10(9)13-14(11)12/h4-5,7-8,11-12H,2-3,6H2,1H3. The van der Waals surface area contributed by atoms with Crippen LogP contribution in [0.1, 0.15) is 25.3 Å². The van der Waals surface area contributed by atoms with Crippen molar-refractivity contribution in [2.45, 2.75) is 26.2 Å². The van der Waals surface area contributed by atoms with Crippen LogP contribution in [0.25, 0.3) is 0 Å². The monoisotopic (exact) mass is 214 g/mol. The summed E-state index contributed by atoms with van der Waals surface area (Å²) in [6.07, 6.45) is 3.10. The number of rotatable bonds is 5. The summed E-state index contributed by atoms with van der Waals surface area (Å²) < 4.78 is 4.92. The van der Waals surface area contributed by atoms with Crippen molar-refractivity contribution < 1.29 is 14.3 Å². The topological polar surface area (TPSA) is 49.7 Å². The second-order valence-electron chi connectivity index (χ2n) is 3.06. The Morgan fingerprint density at radius 2 is 2.00 bits per heavy atom. The molecule has 0 spiro atoms. The lowest BCUT2D eigenvalue weighted by Gasteiger charge is -2.10. The van der Waals surface area contributed by atoms with Crippen LogP contribution in [0, 0.1) is 0 Å². The fourth-order valence-electron chi connectivity index (χ4n) is 1.25. The molecular weight excluding hydrogens is 199 g/mol. The molecule has 0 aromatic heterocycles. The van der Waals surface area contributed by atoms with Gasteiger partial charge in [-0.3, -0.25) is 0 Å². The van der Waals surface area contributed by atoms with Gasteiger partial charge in [-0.2, -0.15) is 0 Å². The molecule has 14 heavy (non-hydrogen) atoms. The fraction of sp³-hybridized carbons (Fsp3) is 0.400. The first-order chi connectivity index (χ1) is 6.74. The highest BCUT2D eigenvalue weighted by Crippen LogP contribution is 2.31. The molecule has 0 bridgehead atoms. The Hall–Kier alpha value is -0.630. The minimum atomic E-state index is -2.31. The third-order valence-electron chi connectivity index (χ3n) is 1.95. The van der Waals surface area contributed by atoms with Gasteiger partial charge in [0.2, 0.25) is 0 Å². The van der Waals surface area contributed by atoms with E-state index in [4.69, 9.17) is 14.3 Å². The molecule has 0 aliphatic carbocycles. The fourth-order valence-corrected chi connectivity index (χ4v) is 1.61. The summed E-state index contributed by atoms with van der Waals surface area (Å²) in [6, 6.07) is 7.45. The maximum absolute atomic E-state index is 8.75. The number of hydrogen-bond donors (Lipinski definition) is 2. The molecule has 0 aliphatic rings. The summed E-state index contributed by atoms with van der Waals surface area (Å²) in [6.45, 7) is 2.12. The summed E-state index contributed by atoms with van der Waals surface area (Å²) in [5.41, 5.74) is 1.03. The molecule has 0 radical (unpaired) electrons. The lowest BCUT2D eigenvalue weighted by atomic mass is 10.1. The third kappa shape index (κ3) is 3.62. The molecule has 1 rings (SSSR count). The predicted molar refractivity (Wildman–Crippen MR) is 57.0 cm³/mol. The zero-order valence-corrected chi connectivity index (χ0v) is 9.08. The van der Waals surface area contributed by atoms with Crippen LogP contribution in [0.5, 0.6) is 5.75 Å². The molecular formula is C10H15O3P. The number of benzene rings is 1. The van der Waals surface area contributed by atoms with Crippen LogP contribution in [0.4, 0.5) is 0 Å². The van der Waals surface area contributed by atoms with Crippen LogP contribution in [0.15, 0.2) is 24.3 Å². The van der Waals surface area contributed by atoms with E-state index < -0.39 is 8.60 Å². The van der Waals surface area contributed by atoms with E-state index in [1.54, 1.807) is 6.07 Å². The largest absolute Gasteiger partial charge is 0.427 e. The minimum absolute atomic E-state index is 0.581. The van der Waals surface area contributed by atoms with Gasteiger partial charge < -0.3 is 14.3 Å². The van der Waals surface area contributed by atoms with Gasteiger partial charge in [0.15, 0.2) is 0 Å². The van der Waals surface area contributed by atoms with Crippen molar-refractivity contribution in [2.24, 2.45) is 0 Å². The molecule has 1 aromatic carbocycles. The van der Waals surface area contributed by atoms with E-state index in [1.165, 1.54) is 0 Å². The number of aryl methyl sites for hydroxylation is 1. The smallest absolute Gasteiger partial charge is 0.391 e. The average Bonchev–Trinajstić information content (AvgIpc) is 2.16. The Morgan fingerprint density at radius 3 is 2.64 bits per heavy atom. The summed E-state index contributed by atoms with van der Waals surface area (Å²) in [4.78, 5) is 17.5. The lowest BCUT2D eigenvalue weighted by Crippen LogP contribution is -1.92. The van der Waals surface area contributed by atoms with Crippen molar-refractivity contribution in [2.75, 3.05) is 0 Å². The number of hydrogen-bond acceptors (Lipinski definition) is 3. The van der Waals surface area contributed by atoms with Crippen LogP contribution < -0.4 is 4.52 Å². The minimum Gasteiger partial charge on any atom is -0.427 e. The highest BCUT2D eigenvalue weighted by Gasteiger charge is 2.06. The van der Waals surface area contributed by atoms with Gasteiger partial charge in [-0.05, 0) is 24.5 Å². The van der Waals surface area contributed by atoms with Crippen LogP contribution in [-0.4, -0.2) is 9.79 Å². The normalized spacial score (nSPS) is 10.6. The average molecular weight is 214 g/mol. The van der Waals surface area contributed by atoms with Crippen LogP contribution in [-0.2, 0) is 6.42 Å². The van der Waals surface area contributed by atoms with E-state index in [-0.39, 0.29) is 0 Å². The van der Waals surface area contributed by atoms with Crippen LogP contribution in [0.3, 0.4) is 0 Å². The van der Waals surface area contributed by atoms with Crippen molar-refractivity contribution in [3.8, 4) is 5.75 Å². The van der Waals surface area contributed by atoms with E-state index in [1.807, 2.05) is 18.2 Å². The zero-order valence-electron chi connectivity index (χ0n) is 8.18. The Bertz CT molecular complexity index is 276. The Kier molecular flexibility index (Phi) is 4.88. The van der Waals surface area contributed by atoms with Crippen molar-refractivity contribution in [3.05, 3.63) is 29.8 Å². The van der Waals surface area contributed by atoms with Crippen LogP contribution >= 0.6 is 8.60 Å². The van der Waals surface area contributed by atoms with Gasteiger partial charge in [0.25, 0.3) is 0 Å². The van der Waals surface area contributed by atoms with Crippen molar-refractivity contribution in [3.63, 3.8) is 0 Å². The first kappa shape index (κ1) is 11.4. The zero-order chi connectivity index (χ0) is 10.4. The molecule has 0 atom stereocenters. The van der Waals surface area contributed by atoms with E-state index in [9.17, 15) is 0 Å². The van der Waals surface area contributed by atoms with Gasteiger partial charge in [-0.1, -0.05) is 31.5 Å². The number of para-hydroxylation sites is 1. The molecule has 0 heterocycles. The first-order valence-electron chi connectivity index (χ1n) is 4.67. The van der Waals surface area contributed by atoms with Gasteiger partial charge >= 0.3 is 8.60 Å². The molecule has 2 N–H and O–H groups in total. The van der Waals surface area contributed by atoms with Crippen molar-refractivity contribution in [1.29, 1.82) is 0 Å². The van der Waals surface area contributed by atoms with E-state index in [0.29, 0.717) is 5.75 Å². The summed E-state index contributed by atoms with van der Waals surface area (Å²) in [5, 5.41) is 0.